The lowest BCUT2D eigenvalue weighted by molar-refractivity contribution is -0.162. The molecule has 1 fully saturated rings. The molecule has 0 bridgehead atoms. The van der Waals surface area contributed by atoms with Crippen LogP contribution in [-0.4, -0.2) is 63.9 Å². The summed E-state index contributed by atoms with van der Waals surface area (Å²) in [5.74, 6) is -3.57. The van der Waals surface area contributed by atoms with Gasteiger partial charge in [-0.2, -0.15) is 5.10 Å². The number of hydrogen-bond donors (Lipinski definition) is 2. The van der Waals surface area contributed by atoms with Gasteiger partial charge in [-0.25, -0.2) is 13.8 Å². The molecule has 1 aliphatic heterocycles. The molecule has 5 rings (SSSR count). The van der Waals surface area contributed by atoms with E-state index in [1.807, 2.05) is 11.8 Å². The smallest absolute Gasteiger partial charge is 0.276 e. The number of carbonyl (C=O) groups excluding carboxylic acids is 2. The molecule has 2 aromatic heterocycles. The maximum absolute atomic E-state index is 14.2. The second kappa shape index (κ2) is 8.54. The van der Waals surface area contributed by atoms with Crippen LogP contribution in [0, 0.1) is 12.3 Å². The number of halogens is 2. The summed E-state index contributed by atoms with van der Waals surface area (Å²) in [6.45, 7) is 5.58. The Balaban J connectivity index is 1.64. The Morgan fingerprint density at radius 2 is 1.97 bits per heavy atom. The van der Waals surface area contributed by atoms with Gasteiger partial charge in [0, 0.05) is 57.1 Å². The van der Waals surface area contributed by atoms with Crippen molar-refractivity contribution in [2.75, 3.05) is 37.0 Å². The molecule has 0 saturated heterocycles. The number of nitrogens with zero attached hydrogens (tertiary/aromatic N) is 5. The molecule has 1 aliphatic carbocycles. The monoisotopic (exact) mass is 501 g/mol. The molecule has 0 unspecified atom stereocenters. The zero-order valence-electron chi connectivity index (χ0n) is 20.5. The molecule has 2 aliphatic rings. The van der Waals surface area contributed by atoms with E-state index in [1.54, 1.807) is 41.5 Å². The van der Waals surface area contributed by atoms with Crippen LogP contribution in [0.3, 0.4) is 0 Å². The van der Waals surface area contributed by atoms with E-state index < -0.39 is 23.2 Å². The highest BCUT2D eigenvalue weighted by atomic mass is 19.3. The standard InChI is InChI=1S/C24H29F2N7O3/c1-4-33-18(7-14(2)30-33)21(35)29-22-28-16-8-15(20(27)34)9-17-19(16)32(22)13-23(10-24(25,26)11-23)12-31(17)5-6-36-3/h7-9H,4-6,10-13H2,1-3H3,(H2,27,34)(H,28,29,35). The highest BCUT2D eigenvalue weighted by Crippen LogP contribution is 2.55. The van der Waals surface area contributed by atoms with Crippen LogP contribution >= 0.6 is 0 Å². The molecule has 1 aromatic carbocycles. The number of methoxy groups -OCH3 is 1. The number of benzene rings is 1. The van der Waals surface area contributed by atoms with E-state index in [-0.39, 0.29) is 30.9 Å². The van der Waals surface area contributed by atoms with Crippen molar-refractivity contribution in [2.45, 2.75) is 45.7 Å². The number of carbonyl (C=O) groups is 2. The third kappa shape index (κ3) is 4.08. The lowest BCUT2D eigenvalue weighted by atomic mass is 9.65. The number of hydrogen-bond acceptors (Lipinski definition) is 6. The summed E-state index contributed by atoms with van der Waals surface area (Å²) in [6.07, 6.45) is -0.565. The number of ether oxygens (including phenoxy) is 1. The molecule has 3 aromatic rings. The topological polar surface area (TPSA) is 120 Å². The molecule has 12 heteroatoms. The van der Waals surface area contributed by atoms with Gasteiger partial charge in [-0.05, 0) is 32.0 Å². The molecule has 0 atom stereocenters. The Hall–Kier alpha value is -3.54. The van der Waals surface area contributed by atoms with Gasteiger partial charge in [-0.1, -0.05) is 0 Å². The molecule has 0 radical (unpaired) electrons. The second-order valence-electron chi connectivity index (χ2n) is 9.81. The van der Waals surface area contributed by atoms with Crippen LogP contribution in [-0.2, 0) is 17.8 Å². The number of nitrogens with one attached hydrogen (secondary N) is 1. The van der Waals surface area contributed by atoms with Crippen molar-refractivity contribution in [1.82, 2.24) is 19.3 Å². The van der Waals surface area contributed by atoms with Crippen molar-refractivity contribution in [3.63, 3.8) is 0 Å². The number of primary amides is 1. The summed E-state index contributed by atoms with van der Waals surface area (Å²) in [7, 11) is 1.57. The Bertz CT molecular complexity index is 1360. The zero-order valence-corrected chi connectivity index (χ0v) is 20.5. The first kappa shape index (κ1) is 24.2. The van der Waals surface area contributed by atoms with E-state index in [4.69, 9.17) is 10.5 Å². The van der Waals surface area contributed by atoms with Crippen molar-refractivity contribution < 1.29 is 23.1 Å². The van der Waals surface area contributed by atoms with Crippen LogP contribution in [0.1, 0.15) is 46.3 Å². The summed E-state index contributed by atoms with van der Waals surface area (Å²) in [5.41, 5.74) is 7.92. The Morgan fingerprint density at radius 3 is 2.61 bits per heavy atom. The molecule has 10 nitrogen and oxygen atoms in total. The second-order valence-corrected chi connectivity index (χ2v) is 9.81. The van der Waals surface area contributed by atoms with Gasteiger partial charge in [-0.3, -0.25) is 19.6 Å². The van der Waals surface area contributed by atoms with Gasteiger partial charge in [-0.15, -0.1) is 0 Å². The highest BCUT2D eigenvalue weighted by molar-refractivity contribution is 6.05. The van der Waals surface area contributed by atoms with Crippen LogP contribution in [0.4, 0.5) is 20.4 Å². The highest BCUT2D eigenvalue weighted by Gasteiger charge is 2.58. The lowest BCUT2D eigenvalue weighted by Crippen LogP contribution is -2.54. The predicted molar refractivity (Wildman–Crippen MR) is 130 cm³/mol. The van der Waals surface area contributed by atoms with Gasteiger partial charge < -0.3 is 19.9 Å². The van der Waals surface area contributed by atoms with Gasteiger partial charge in [0.2, 0.25) is 17.8 Å². The molecular weight excluding hydrogens is 472 g/mol. The largest absolute Gasteiger partial charge is 0.383 e. The van der Waals surface area contributed by atoms with Gasteiger partial charge in [0.25, 0.3) is 5.91 Å². The van der Waals surface area contributed by atoms with Gasteiger partial charge in [0.05, 0.1) is 29.0 Å². The molecule has 1 spiro atoms. The number of aryl methyl sites for hydroxylation is 2. The third-order valence-electron chi connectivity index (χ3n) is 6.96. The van der Waals surface area contributed by atoms with Crippen molar-refractivity contribution in [3.8, 4) is 0 Å². The number of amides is 2. The average Bonchev–Trinajstić information content (AvgIpc) is 3.29. The number of imidazole rings is 1. The minimum atomic E-state index is -2.75. The number of aromatic nitrogens is 4. The molecule has 36 heavy (non-hydrogen) atoms. The van der Waals surface area contributed by atoms with Gasteiger partial charge >= 0.3 is 0 Å². The minimum Gasteiger partial charge on any atom is -0.383 e. The summed E-state index contributed by atoms with van der Waals surface area (Å²) in [5, 5.41) is 7.19. The molecule has 2 amide bonds. The van der Waals surface area contributed by atoms with Crippen LogP contribution < -0.4 is 16.0 Å². The number of rotatable bonds is 7. The van der Waals surface area contributed by atoms with Crippen LogP contribution in [0.2, 0.25) is 0 Å². The predicted octanol–water partition coefficient (Wildman–Crippen LogP) is 2.79. The van der Waals surface area contributed by atoms with E-state index in [2.05, 4.69) is 15.4 Å². The Morgan fingerprint density at radius 1 is 1.22 bits per heavy atom. The zero-order chi connectivity index (χ0) is 25.8. The van der Waals surface area contributed by atoms with Crippen LogP contribution in [0.5, 0.6) is 0 Å². The summed E-state index contributed by atoms with van der Waals surface area (Å²) in [4.78, 5) is 31.9. The van der Waals surface area contributed by atoms with Crippen molar-refractivity contribution in [2.24, 2.45) is 11.1 Å². The molecular formula is C24H29F2N7O3. The summed E-state index contributed by atoms with van der Waals surface area (Å²) >= 11 is 0. The summed E-state index contributed by atoms with van der Waals surface area (Å²) in [6, 6.07) is 4.91. The van der Waals surface area contributed by atoms with Crippen LogP contribution in [0.25, 0.3) is 11.0 Å². The molecule has 3 N–H and O–H groups in total. The maximum atomic E-state index is 14.2. The molecule has 1 saturated carbocycles. The van der Waals surface area contributed by atoms with Crippen molar-refractivity contribution in [3.05, 3.63) is 35.2 Å². The number of anilines is 2. The summed E-state index contributed by atoms with van der Waals surface area (Å²) < 4.78 is 37.1. The van der Waals surface area contributed by atoms with E-state index in [9.17, 15) is 18.4 Å². The molecule has 192 valence electrons. The normalized spacial score (nSPS) is 17.8. The Labute approximate surface area is 206 Å². The van der Waals surface area contributed by atoms with E-state index in [0.29, 0.717) is 54.3 Å². The fraction of sp³-hybridized carbons (Fsp3) is 0.500. The average molecular weight is 502 g/mol. The first-order valence-corrected chi connectivity index (χ1v) is 11.9. The maximum Gasteiger partial charge on any atom is 0.276 e. The van der Waals surface area contributed by atoms with Gasteiger partial charge in [0.1, 0.15) is 5.69 Å². The lowest BCUT2D eigenvalue weighted by Gasteiger charge is -2.49. The van der Waals surface area contributed by atoms with Crippen LogP contribution in [0.15, 0.2) is 18.2 Å². The number of alkyl halides is 2. The van der Waals surface area contributed by atoms with Crippen molar-refractivity contribution in [1.29, 1.82) is 0 Å². The molecule has 3 heterocycles. The van der Waals surface area contributed by atoms with E-state index in [1.165, 1.54) is 0 Å². The van der Waals surface area contributed by atoms with Crippen molar-refractivity contribution >= 4 is 34.5 Å². The van der Waals surface area contributed by atoms with E-state index in [0.717, 1.165) is 0 Å². The van der Waals surface area contributed by atoms with E-state index >= 15 is 0 Å². The first-order chi connectivity index (χ1) is 17.0. The quantitative estimate of drug-likeness (QED) is 0.514. The fourth-order valence-corrected chi connectivity index (χ4v) is 5.56. The minimum absolute atomic E-state index is 0.225. The SMILES string of the molecule is CCn1nc(C)cc1C(=O)Nc1nc2cc(C(N)=O)cc3c2n1CC1(CN3CCOC)CC(F)(F)C1. The Kier molecular flexibility index (Phi) is 5.73. The van der Waals surface area contributed by atoms with Gasteiger partial charge in [0.15, 0.2) is 0 Å². The number of nitrogens with two attached hydrogens (primary N) is 1. The fourth-order valence-electron chi connectivity index (χ4n) is 5.56. The first-order valence-electron chi connectivity index (χ1n) is 11.9. The third-order valence-corrected chi connectivity index (χ3v) is 6.96.